The van der Waals surface area contributed by atoms with Crippen LogP contribution in [0.15, 0.2) is 59.7 Å². The highest BCUT2D eigenvalue weighted by atomic mass is 16.5. The molecule has 0 atom stereocenters. The van der Waals surface area contributed by atoms with Crippen molar-refractivity contribution < 1.29 is 14.3 Å². The van der Waals surface area contributed by atoms with Gasteiger partial charge in [0.15, 0.2) is 6.61 Å². The number of esters is 1. The third-order valence-electron chi connectivity index (χ3n) is 4.48. The molecule has 0 aliphatic heterocycles. The molecule has 8 heteroatoms. The number of aryl methyl sites for hydroxylation is 1. The maximum atomic E-state index is 12.6. The maximum absolute atomic E-state index is 12.6. The summed E-state index contributed by atoms with van der Waals surface area (Å²) in [5, 5.41) is 9.25. The lowest BCUT2D eigenvalue weighted by molar-refractivity contribution is -0.148. The number of amides is 1. The van der Waals surface area contributed by atoms with Crippen LogP contribution in [0.3, 0.4) is 0 Å². The third-order valence-corrected chi connectivity index (χ3v) is 4.48. The van der Waals surface area contributed by atoms with Gasteiger partial charge in [0.05, 0.1) is 29.7 Å². The van der Waals surface area contributed by atoms with Crippen LogP contribution >= 0.6 is 0 Å². The Labute approximate surface area is 172 Å². The second-order valence-electron chi connectivity index (χ2n) is 6.64. The number of aromatic nitrogens is 2. The van der Waals surface area contributed by atoms with Gasteiger partial charge in [0.1, 0.15) is 6.54 Å². The zero-order chi connectivity index (χ0) is 21.5. The van der Waals surface area contributed by atoms with Crippen molar-refractivity contribution in [3.63, 3.8) is 0 Å². The van der Waals surface area contributed by atoms with E-state index in [0.717, 1.165) is 10.1 Å². The summed E-state index contributed by atoms with van der Waals surface area (Å²) in [5.41, 5.74) is 1.83. The quantitative estimate of drug-likeness (QED) is 0.559. The van der Waals surface area contributed by atoms with Crippen molar-refractivity contribution in [1.82, 2.24) is 9.55 Å². The number of nitriles is 1. The first kappa shape index (κ1) is 20.7. The van der Waals surface area contributed by atoms with Crippen LogP contribution in [0.2, 0.25) is 0 Å². The zero-order valence-corrected chi connectivity index (χ0v) is 16.4. The second kappa shape index (κ2) is 9.47. The van der Waals surface area contributed by atoms with Crippen LogP contribution < -0.4 is 10.5 Å². The molecule has 30 heavy (non-hydrogen) atoms. The minimum absolute atomic E-state index is 0.145. The summed E-state index contributed by atoms with van der Waals surface area (Å²) < 4.78 is 6.22. The first-order chi connectivity index (χ1) is 14.5. The Morgan fingerprint density at radius 1 is 1.17 bits per heavy atom. The van der Waals surface area contributed by atoms with E-state index in [2.05, 4.69) is 4.98 Å². The van der Waals surface area contributed by atoms with E-state index in [-0.39, 0.29) is 25.1 Å². The van der Waals surface area contributed by atoms with E-state index in [1.807, 2.05) is 25.1 Å². The van der Waals surface area contributed by atoms with Gasteiger partial charge in [-0.25, -0.2) is 4.98 Å². The van der Waals surface area contributed by atoms with Crippen LogP contribution in [0.25, 0.3) is 10.9 Å². The normalized spacial score (nSPS) is 10.4. The lowest BCUT2D eigenvalue weighted by Gasteiger charge is -2.22. The highest BCUT2D eigenvalue weighted by molar-refractivity contribution is 5.95. The van der Waals surface area contributed by atoms with Gasteiger partial charge in [-0.15, -0.1) is 0 Å². The number of hydrogen-bond acceptors (Lipinski definition) is 6. The van der Waals surface area contributed by atoms with E-state index in [0.29, 0.717) is 16.6 Å². The number of hydrogen-bond donors (Lipinski definition) is 0. The Bertz CT molecular complexity index is 1160. The Morgan fingerprint density at radius 3 is 2.63 bits per heavy atom. The SMILES string of the molecule is Cc1ccc(N(CCC#N)C(=O)COC(=O)Cn2cnc3ccccc3c2=O)cc1. The first-order valence-electron chi connectivity index (χ1n) is 9.33. The molecule has 0 N–H and O–H groups in total. The lowest BCUT2D eigenvalue weighted by Crippen LogP contribution is -2.36. The smallest absolute Gasteiger partial charge is 0.326 e. The van der Waals surface area contributed by atoms with E-state index in [1.165, 1.54) is 11.2 Å². The van der Waals surface area contributed by atoms with Gasteiger partial charge >= 0.3 is 5.97 Å². The van der Waals surface area contributed by atoms with Crippen LogP contribution in [0.5, 0.6) is 0 Å². The highest BCUT2D eigenvalue weighted by Gasteiger charge is 2.18. The van der Waals surface area contributed by atoms with Crippen molar-refractivity contribution in [2.75, 3.05) is 18.1 Å². The molecule has 2 aromatic carbocycles. The molecule has 1 heterocycles. The summed E-state index contributed by atoms with van der Waals surface area (Å²) in [6.45, 7) is 1.27. The standard InChI is InChI=1S/C22H20N4O4/c1-16-7-9-17(10-8-16)26(12-4-11-23)20(27)14-30-21(28)13-25-15-24-19-6-3-2-5-18(19)22(25)29/h2-3,5-10,15H,4,12-14H2,1H3. The summed E-state index contributed by atoms with van der Waals surface area (Å²) in [6.07, 6.45) is 1.42. The summed E-state index contributed by atoms with van der Waals surface area (Å²) >= 11 is 0. The van der Waals surface area contributed by atoms with Crippen LogP contribution in [-0.2, 0) is 20.9 Å². The molecule has 0 aliphatic carbocycles. The van der Waals surface area contributed by atoms with Gasteiger partial charge in [0.2, 0.25) is 0 Å². The molecule has 3 aromatic rings. The molecule has 0 saturated heterocycles. The Hall–Kier alpha value is -3.99. The minimum atomic E-state index is -0.730. The van der Waals surface area contributed by atoms with Crippen LogP contribution in [0, 0.1) is 18.3 Å². The number of nitrogens with zero attached hydrogens (tertiary/aromatic N) is 4. The molecule has 8 nitrogen and oxygen atoms in total. The molecule has 152 valence electrons. The first-order valence-corrected chi connectivity index (χ1v) is 9.33. The van der Waals surface area contributed by atoms with E-state index in [1.54, 1.807) is 36.4 Å². The number of rotatable bonds is 7. The summed E-state index contributed by atoms with van der Waals surface area (Å²) in [5.74, 6) is -1.18. The van der Waals surface area contributed by atoms with E-state index >= 15 is 0 Å². The van der Waals surface area contributed by atoms with Crippen molar-refractivity contribution >= 4 is 28.5 Å². The fourth-order valence-corrected chi connectivity index (χ4v) is 2.91. The zero-order valence-electron chi connectivity index (χ0n) is 16.4. The molecule has 0 bridgehead atoms. The number of carbonyl (C=O) groups excluding carboxylic acids is 2. The topological polar surface area (TPSA) is 105 Å². The van der Waals surface area contributed by atoms with Gasteiger partial charge < -0.3 is 9.64 Å². The molecule has 0 saturated carbocycles. The third kappa shape index (κ3) is 4.89. The van der Waals surface area contributed by atoms with Gasteiger partial charge in [0.25, 0.3) is 11.5 Å². The Balaban J connectivity index is 1.66. The molecule has 0 unspecified atom stereocenters. The number of carbonyl (C=O) groups is 2. The highest BCUT2D eigenvalue weighted by Crippen LogP contribution is 2.16. The Kier molecular flexibility index (Phi) is 6.55. The molecular formula is C22H20N4O4. The summed E-state index contributed by atoms with van der Waals surface area (Å²) in [4.78, 5) is 42.8. The molecule has 1 aromatic heterocycles. The van der Waals surface area contributed by atoms with E-state index in [4.69, 9.17) is 10.00 Å². The van der Waals surface area contributed by atoms with Crippen LogP contribution in [0.4, 0.5) is 5.69 Å². The Morgan fingerprint density at radius 2 is 1.90 bits per heavy atom. The number of anilines is 1. The molecule has 0 radical (unpaired) electrons. The number of para-hydroxylation sites is 1. The van der Waals surface area contributed by atoms with E-state index in [9.17, 15) is 14.4 Å². The van der Waals surface area contributed by atoms with Crippen LogP contribution in [0.1, 0.15) is 12.0 Å². The molecular weight excluding hydrogens is 384 g/mol. The van der Waals surface area contributed by atoms with Gasteiger partial charge in [0, 0.05) is 12.2 Å². The fourth-order valence-electron chi connectivity index (χ4n) is 2.91. The number of benzene rings is 2. The summed E-state index contributed by atoms with van der Waals surface area (Å²) in [6, 6.07) is 16.1. The average molecular weight is 404 g/mol. The largest absolute Gasteiger partial charge is 0.454 e. The molecule has 0 spiro atoms. The van der Waals surface area contributed by atoms with Gasteiger partial charge in [-0.3, -0.25) is 19.0 Å². The summed E-state index contributed by atoms with van der Waals surface area (Å²) in [7, 11) is 0. The van der Waals surface area contributed by atoms with Gasteiger partial charge in [-0.05, 0) is 31.2 Å². The number of ether oxygens (including phenoxy) is 1. The number of fused-ring (bicyclic) bond motifs is 1. The average Bonchev–Trinajstić information content (AvgIpc) is 2.76. The van der Waals surface area contributed by atoms with Crippen molar-refractivity contribution in [1.29, 1.82) is 5.26 Å². The molecule has 1 amide bonds. The predicted molar refractivity (Wildman–Crippen MR) is 111 cm³/mol. The second-order valence-corrected chi connectivity index (χ2v) is 6.64. The van der Waals surface area contributed by atoms with Crippen molar-refractivity contribution in [3.05, 3.63) is 70.8 Å². The van der Waals surface area contributed by atoms with Crippen LogP contribution in [-0.4, -0.2) is 34.6 Å². The molecule has 3 rings (SSSR count). The fraction of sp³-hybridized carbons (Fsp3) is 0.227. The van der Waals surface area contributed by atoms with Gasteiger partial charge in [-0.1, -0.05) is 29.8 Å². The van der Waals surface area contributed by atoms with Crippen molar-refractivity contribution in [2.24, 2.45) is 0 Å². The monoisotopic (exact) mass is 404 g/mol. The minimum Gasteiger partial charge on any atom is -0.454 e. The van der Waals surface area contributed by atoms with Crippen molar-refractivity contribution in [2.45, 2.75) is 19.9 Å². The molecule has 0 aliphatic rings. The van der Waals surface area contributed by atoms with E-state index < -0.39 is 18.5 Å². The van der Waals surface area contributed by atoms with Crippen molar-refractivity contribution in [3.8, 4) is 6.07 Å². The predicted octanol–water partition coefficient (Wildman–Crippen LogP) is 2.20. The maximum Gasteiger partial charge on any atom is 0.326 e. The molecule has 0 fully saturated rings. The van der Waals surface area contributed by atoms with Gasteiger partial charge in [-0.2, -0.15) is 5.26 Å². The lowest BCUT2D eigenvalue weighted by atomic mass is 10.2.